The van der Waals surface area contributed by atoms with E-state index in [0.717, 1.165) is 0 Å². The van der Waals surface area contributed by atoms with Crippen molar-refractivity contribution < 1.29 is 4.42 Å². The molecule has 0 radical (unpaired) electrons. The number of nitrogens with zero attached hydrogens (tertiary/aromatic N) is 2. The molecule has 0 saturated carbocycles. The van der Waals surface area contributed by atoms with Crippen molar-refractivity contribution in [3.8, 4) is 0 Å². The first-order valence-corrected chi connectivity index (χ1v) is 5.57. The van der Waals surface area contributed by atoms with Gasteiger partial charge in [0.25, 0.3) is 0 Å². The number of aromatic nitrogens is 1. The van der Waals surface area contributed by atoms with Crippen molar-refractivity contribution in [2.75, 3.05) is 5.43 Å². The van der Waals surface area contributed by atoms with E-state index in [1.807, 2.05) is 13.0 Å². The van der Waals surface area contributed by atoms with Crippen LogP contribution >= 0.6 is 23.2 Å². The predicted molar refractivity (Wildman–Crippen MR) is 68.8 cm³/mol. The van der Waals surface area contributed by atoms with Crippen LogP contribution in [0.4, 0.5) is 5.82 Å². The van der Waals surface area contributed by atoms with E-state index in [0.29, 0.717) is 27.3 Å². The van der Waals surface area contributed by atoms with E-state index in [9.17, 15) is 0 Å². The van der Waals surface area contributed by atoms with Crippen molar-refractivity contribution in [2.45, 2.75) is 6.92 Å². The summed E-state index contributed by atoms with van der Waals surface area (Å²) in [5.74, 6) is 1.13. The predicted octanol–water partition coefficient (Wildman–Crippen LogP) is 3.82. The van der Waals surface area contributed by atoms with Crippen LogP contribution in [0.15, 0.2) is 40.2 Å². The summed E-state index contributed by atoms with van der Waals surface area (Å²) in [5.41, 5.74) is 3.45. The molecule has 4 nitrogen and oxygen atoms in total. The number of rotatable bonds is 3. The lowest BCUT2D eigenvalue weighted by molar-refractivity contribution is 0.557. The van der Waals surface area contributed by atoms with Gasteiger partial charge in [-0.25, -0.2) is 4.98 Å². The molecular weight excluding hydrogens is 261 g/mol. The Hall–Kier alpha value is -1.52. The molecule has 88 valence electrons. The lowest BCUT2D eigenvalue weighted by atomic mass is 10.3. The van der Waals surface area contributed by atoms with E-state index < -0.39 is 0 Å². The Balaban J connectivity index is 2.14. The molecule has 0 spiro atoms. The maximum Gasteiger partial charge on any atom is 0.165 e. The molecule has 0 bridgehead atoms. The molecule has 0 fully saturated rings. The van der Waals surface area contributed by atoms with Crippen LogP contribution in [-0.4, -0.2) is 10.7 Å². The first-order valence-electron chi connectivity index (χ1n) is 4.82. The van der Waals surface area contributed by atoms with Gasteiger partial charge in [0.2, 0.25) is 0 Å². The fourth-order valence-electron chi connectivity index (χ4n) is 1.17. The smallest absolute Gasteiger partial charge is 0.165 e. The van der Waals surface area contributed by atoms with Crippen LogP contribution < -0.4 is 5.43 Å². The number of hydrogen-bond donors (Lipinski definition) is 1. The Kier molecular flexibility index (Phi) is 3.66. The van der Waals surface area contributed by atoms with E-state index in [1.54, 1.807) is 18.4 Å². The minimum absolute atomic E-state index is 0.411. The van der Waals surface area contributed by atoms with Crippen LogP contribution in [0, 0.1) is 0 Å². The molecule has 0 atom stereocenters. The van der Waals surface area contributed by atoms with Crippen LogP contribution in [0.5, 0.6) is 0 Å². The Labute approximate surface area is 108 Å². The fraction of sp³-hybridized carbons (Fsp3) is 0.0909. The van der Waals surface area contributed by atoms with E-state index in [2.05, 4.69) is 15.5 Å². The highest BCUT2D eigenvalue weighted by atomic mass is 35.5. The van der Waals surface area contributed by atoms with Gasteiger partial charge in [-0.05, 0) is 25.1 Å². The van der Waals surface area contributed by atoms with Crippen LogP contribution in [0.2, 0.25) is 10.0 Å². The van der Waals surface area contributed by atoms with E-state index in [1.165, 1.54) is 6.20 Å². The largest absolute Gasteiger partial charge is 0.463 e. The van der Waals surface area contributed by atoms with Crippen molar-refractivity contribution in [3.63, 3.8) is 0 Å². The number of hydrazone groups is 1. The molecular formula is C11H9Cl2N3O. The number of furan rings is 1. The van der Waals surface area contributed by atoms with Gasteiger partial charge in [0.1, 0.15) is 11.5 Å². The second-order valence-corrected chi connectivity index (χ2v) is 4.11. The number of pyridine rings is 1. The summed E-state index contributed by atoms with van der Waals surface area (Å²) in [6, 6.07) is 5.20. The topological polar surface area (TPSA) is 50.4 Å². The summed E-state index contributed by atoms with van der Waals surface area (Å²) >= 11 is 11.7. The molecule has 0 saturated heterocycles. The van der Waals surface area contributed by atoms with Crippen molar-refractivity contribution in [3.05, 3.63) is 46.5 Å². The third-order valence-corrected chi connectivity index (χ3v) is 2.51. The molecule has 2 aromatic heterocycles. The van der Waals surface area contributed by atoms with Crippen molar-refractivity contribution in [2.24, 2.45) is 5.10 Å². The average molecular weight is 270 g/mol. The summed E-state index contributed by atoms with van der Waals surface area (Å²) in [6.07, 6.45) is 3.08. The third-order valence-electron chi connectivity index (χ3n) is 2.02. The normalized spacial score (nSPS) is 11.6. The molecule has 0 amide bonds. The highest BCUT2D eigenvalue weighted by molar-refractivity contribution is 6.35. The zero-order valence-corrected chi connectivity index (χ0v) is 10.5. The molecule has 0 unspecified atom stereocenters. The maximum atomic E-state index is 5.94. The zero-order valence-electron chi connectivity index (χ0n) is 8.95. The van der Waals surface area contributed by atoms with Crippen LogP contribution in [0.25, 0.3) is 0 Å². The van der Waals surface area contributed by atoms with Crippen molar-refractivity contribution in [1.82, 2.24) is 4.98 Å². The van der Waals surface area contributed by atoms with Gasteiger partial charge in [0.15, 0.2) is 5.82 Å². The van der Waals surface area contributed by atoms with Crippen molar-refractivity contribution >= 4 is 34.7 Å². The third kappa shape index (κ3) is 2.99. The van der Waals surface area contributed by atoms with Gasteiger partial charge < -0.3 is 4.42 Å². The number of halogens is 2. The average Bonchev–Trinajstić information content (AvgIpc) is 2.81. The quantitative estimate of drug-likeness (QED) is 0.681. The van der Waals surface area contributed by atoms with Gasteiger partial charge in [-0.3, -0.25) is 5.43 Å². The lowest BCUT2D eigenvalue weighted by Crippen LogP contribution is -2.00. The van der Waals surface area contributed by atoms with Crippen LogP contribution in [0.1, 0.15) is 12.7 Å². The monoisotopic (exact) mass is 269 g/mol. The van der Waals surface area contributed by atoms with E-state index in [4.69, 9.17) is 27.6 Å². The fourth-order valence-corrected chi connectivity index (χ4v) is 1.60. The molecule has 17 heavy (non-hydrogen) atoms. The molecule has 0 aliphatic rings. The first-order chi connectivity index (χ1) is 8.16. The zero-order chi connectivity index (χ0) is 12.3. The molecule has 6 heteroatoms. The minimum Gasteiger partial charge on any atom is -0.463 e. The second-order valence-electron chi connectivity index (χ2n) is 3.27. The Morgan fingerprint density at radius 3 is 2.94 bits per heavy atom. The molecule has 0 aromatic carbocycles. The van der Waals surface area contributed by atoms with Gasteiger partial charge in [-0.15, -0.1) is 0 Å². The number of anilines is 1. The standard InChI is InChI=1S/C11H9Cl2N3O/c1-7(10-3-2-4-17-10)15-16-11-9(13)5-8(12)6-14-11/h2-6H,1H3,(H,14,16). The summed E-state index contributed by atoms with van der Waals surface area (Å²) in [5, 5.41) is 5.00. The van der Waals surface area contributed by atoms with Crippen LogP contribution in [-0.2, 0) is 0 Å². The molecule has 0 aliphatic heterocycles. The maximum absolute atomic E-state index is 5.94. The highest BCUT2D eigenvalue weighted by Gasteiger charge is 2.03. The summed E-state index contributed by atoms with van der Waals surface area (Å²) in [7, 11) is 0. The van der Waals surface area contributed by atoms with Gasteiger partial charge in [0, 0.05) is 6.20 Å². The van der Waals surface area contributed by atoms with Gasteiger partial charge in [0.05, 0.1) is 16.3 Å². The van der Waals surface area contributed by atoms with Gasteiger partial charge in [-0.1, -0.05) is 23.2 Å². The van der Waals surface area contributed by atoms with Crippen LogP contribution in [0.3, 0.4) is 0 Å². The Morgan fingerprint density at radius 1 is 1.47 bits per heavy atom. The lowest BCUT2D eigenvalue weighted by Gasteiger charge is -2.03. The van der Waals surface area contributed by atoms with Crippen molar-refractivity contribution in [1.29, 1.82) is 0 Å². The molecule has 2 rings (SSSR count). The van der Waals surface area contributed by atoms with Gasteiger partial charge in [-0.2, -0.15) is 5.10 Å². The summed E-state index contributed by atoms with van der Waals surface area (Å²) in [6.45, 7) is 1.82. The van der Waals surface area contributed by atoms with E-state index in [-0.39, 0.29) is 0 Å². The number of hydrogen-bond acceptors (Lipinski definition) is 4. The Bertz CT molecular complexity index is 538. The highest BCUT2D eigenvalue weighted by Crippen LogP contribution is 2.22. The van der Waals surface area contributed by atoms with Gasteiger partial charge >= 0.3 is 0 Å². The summed E-state index contributed by atoms with van der Waals surface area (Å²) in [4.78, 5) is 4.02. The Morgan fingerprint density at radius 2 is 2.29 bits per heavy atom. The van der Waals surface area contributed by atoms with E-state index >= 15 is 0 Å². The molecule has 2 aromatic rings. The molecule has 0 aliphatic carbocycles. The number of nitrogens with one attached hydrogen (secondary N) is 1. The first kappa shape index (κ1) is 12.0. The molecule has 2 heterocycles. The second kappa shape index (κ2) is 5.21. The minimum atomic E-state index is 0.411. The summed E-state index contributed by atoms with van der Waals surface area (Å²) < 4.78 is 5.19. The SMILES string of the molecule is CC(=NNc1ncc(Cl)cc1Cl)c1ccco1. The molecule has 1 N–H and O–H groups in total.